The highest BCUT2D eigenvalue weighted by Gasteiger charge is 2.22. The van der Waals surface area contributed by atoms with Crippen molar-refractivity contribution in [1.29, 1.82) is 0 Å². The molecule has 0 heterocycles. The molecule has 0 bridgehead atoms. The second kappa shape index (κ2) is 8.23. The van der Waals surface area contributed by atoms with E-state index in [0.717, 1.165) is 11.1 Å². The molecule has 2 aromatic rings. The normalized spacial score (nSPS) is 12.3. The molecule has 26 heavy (non-hydrogen) atoms. The van der Waals surface area contributed by atoms with Crippen molar-refractivity contribution in [2.45, 2.75) is 20.8 Å². The van der Waals surface area contributed by atoms with Gasteiger partial charge in [-0.05, 0) is 49.2 Å². The Bertz CT molecular complexity index is 874. The fourth-order valence-electron chi connectivity index (χ4n) is 2.62. The summed E-state index contributed by atoms with van der Waals surface area (Å²) >= 11 is 0. The van der Waals surface area contributed by atoms with Gasteiger partial charge in [-0.25, -0.2) is 8.42 Å². The molecule has 0 spiro atoms. The van der Waals surface area contributed by atoms with E-state index in [4.69, 9.17) is 4.74 Å². The highest BCUT2D eigenvalue weighted by molar-refractivity contribution is 7.92. The van der Waals surface area contributed by atoms with E-state index in [1.807, 2.05) is 32.0 Å². The van der Waals surface area contributed by atoms with Crippen LogP contribution < -0.4 is 14.8 Å². The van der Waals surface area contributed by atoms with Crippen molar-refractivity contribution >= 4 is 27.3 Å². The number of methoxy groups -OCH3 is 1. The number of hydrogen-bond donors (Lipinski definition) is 2. The lowest BCUT2D eigenvalue weighted by atomic mass is 10.1. The van der Waals surface area contributed by atoms with Gasteiger partial charge in [0.05, 0.1) is 24.5 Å². The van der Waals surface area contributed by atoms with Crippen molar-refractivity contribution in [3.63, 3.8) is 0 Å². The summed E-state index contributed by atoms with van der Waals surface area (Å²) in [4.78, 5) is 12.3. The fraction of sp³-hybridized carbons (Fsp3) is 0.316. The number of ether oxygens (including phenoxy) is 1. The molecule has 0 aliphatic carbocycles. The minimum absolute atomic E-state index is 0.319. The zero-order valence-electron chi connectivity index (χ0n) is 15.4. The van der Waals surface area contributed by atoms with Crippen LogP contribution >= 0.6 is 0 Å². The minimum Gasteiger partial charge on any atom is -0.497 e. The molecule has 140 valence electrons. The Balaban J connectivity index is 2.02. The largest absolute Gasteiger partial charge is 0.497 e. The Morgan fingerprint density at radius 3 is 2.35 bits per heavy atom. The van der Waals surface area contributed by atoms with Gasteiger partial charge in [0.2, 0.25) is 15.9 Å². The fourth-order valence-corrected chi connectivity index (χ4v) is 4.00. The number of sulfonamides is 1. The highest BCUT2D eigenvalue weighted by atomic mass is 32.2. The molecule has 2 N–H and O–H groups in total. The molecule has 0 saturated carbocycles. The van der Waals surface area contributed by atoms with Crippen LogP contribution in [0.3, 0.4) is 0 Å². The molecule has 6 nitrogen and oxygen atoms in total. The number of aryl methyl sites for hydroxylation is 2. The summed E-state index contributed by atoms with van der Waals surface area (Å²) in [6.45, 7) is 5.46. The monoisotopic (exact) mass is 376 g/mol. The number of carbonyl (C=O) groups excluding carboxylic acids is 1. The van der Waals surface area contributed by atoms with Gasteiger partial charge in [-0.1, -0.05) is 19.1 Å². The molecule has 2 aromatic carbocycles. The van der Waals surface area contributed by atoms with Gasteiger partial charge in [0.1, 0.15) is 5.75 Å². The maximum atomic E-state index is 12.3. The van der Waals surface area contributed by atoms with Crippen LogP contribution in [-0.2, 0) is 14.8 Å². The Hall–Kier alpha value is -2.54. The third kappa shape index (κ3) is 5.77. The Kier molecular flexibility index (Phi) is 6.26. The molecule has 0 radical (unpaired) electrons. The molecular formula is C19H24N2O4S. The van der Waals surface area contributed by atoms with Gasteiger partial charge >= 0.3 is 0 Å². The topological polar surface area (TPSA) is 84.5 Å². The van der Waals surface area contributed by atoms with Crippen LogP contribution in [0.4, 0.5) is 11.4 Å². The van der Waals surface area contributed by atoms with Crippen molar-refractivity contribution in [1.82, 2.24) is 0 Å². The van der Waals surface area contributed by atoms with Crippen LogP contribution in [0.25, 0.3) is 0 Å². The van der Waals surface area contributed by atoms with E-state index < -0.39 is 15.9 Å². The van der Waals surface area contributed by atoms with E-state index in [2.05, 4.69) is 10.0 Å². The predicted molar refractivity (Wildman–Crippen MR) is 104 cm³/mol. The zero-order valence-corrected chi connectivity index (χ0v) is 16.2. The molecule has 1 unspecified atom stereocenters. The molecule has 2 rings (SSSR count). The number of hydrogen-bond acceptors (Lipinski definition) is 4. The second-order valence-electron chi connectivity index (χ2n) is 6.38. The summed E-state index contributed by atoms with van der Waals surface area (Å²) in [5, 5.41) is 2.78. The quantitative estimate of drug-likeness (QED) is 0.776. The molecule has 1 atom stereocenters. The Morgan fingerprint density at radius 2 is 1.73 bits per heavy atom. The first-order valence-electron chi connectivity index (χ1n) is 8.22. The van der Waals surface area contributed by atoms with Gasteiger partial charge in [0, 0.05) is 11.8 Å². The lowest BCUT2D eigenvalue weighted by Gasteiger charge is -2.15. The average molecular weight is 376 g/mol. The zero-order chi connectivity index (χ0) is 19.3. The SMILES string of the molecule is COc1cccc(NS(=O)(=O)CC(C)C(=O)Nc2cc(C)cc(C)c2)c1. The van der Waals surface area contributed by atoms with Crippen molar-refractivity contribution in [3.8, 4) is 5.75 Å². The standard InChI is InChI=1S/C19H24N2O4S/c1-13-8-14(2)10-17(9-13)20-19(22)15(3)12-26(23,24)21-16-6-5-7-18(11-16)25-4/h5-11,15,21H,12H2,1-4H3,(H,20,22). The predicted octanol–water partition coefficient (Wildman–Crippen LogP) is 3.33. The molecule has 7 heteroatoms. The Morgan fingerprint density at radius 1 is 1.08 bits per heavy atom. The number of benzene rings is 2. The maximum Gasteiger partial charge on any atom is 0.233 e. The Labute approximate surface area is 154 Å². The van der Waals surface area contributed by atoms with Gasteiger partial charge in [0.25, 0.3) is 0 Å². The van der Waals surface area contributed by atoms with Gasteiger partial charge in [-0.2, -0.15) is 0 Å². The van der Waals surface area contributed by atoms with E-state index in [1.165, 1.54) is 7.11 Å². The summed E-state index contributed by atoms with van der Waals surface area (Å²) < 4.78 is 32.2. The minimum atomic E-state index is -3.68. The van der Waals surface area contributed by atoms with Gasteiger partial charge < -0.3 is 10.1 Å². The average Bonchev–Trinajstić information content (AvgIpc) is 2.53. The third-order valence-corrected chi connectivity index (χ3v) is 5.23. The summed E-state index contributed by atoms with van der Waals surface area (Å²) in [7, 11) is -2.17. The molecule has 0 fully saturated rings. The van der Waals surface area contributed by atoms with Crippen molar-refractivity contribution < 1.29 is 17.9 Å². The number of rotatable bonds is 7. The van der Waals surface area contributed by atoms with Gasteiger partial charge in [-0.15, -0.1) is 0 Å². The first-order valence-corrected chi connectivity index (χ1v) is 9.87. The first-order chi connectivity index (χ1) is 12.2. The van der Waals surface area contributed by atoms with E-state index in [1.54, 1.807) is 31.2 Å². The molecule has 0 aliphatic heterocycles. The molecule has 0 aliphatic rings. The summed E-state index contributed by atoms with van der Waals surface area (Å²) in [6.07, 6.45) is 0. The number of amides is 1. The van der Waals surface area contributed by atoms with Crippen LogP contribution in [0.2, 0.25) is 0 Å². The van der Waals surface area contributed by atoms with Crippen LogP contribution in [-0.4, -0.2) is 27.2 Å². The smallest absolute Gasteiger partial charge is 0.233 e. The van der Waals surface area contributed by atoms with E-state index >= 15 is 0 Å². The molecule has 0 aromatic heterocycles. The van der Waals surface area contributed by atoms with Crippen molar-refractivity contribution in [2.24, 2.45) is 5.92 Å². The molecule has 1 amide bonds. The summed E-state index contributed by atoms with van der Waals surface area (Å²) in [6, 6.07) is 12.3. The number of nitrogens with one attached hydrogen (secondary N) is 2. The molecular weight excluding hydrogens is 352 g/mol. The first kappa shape index (κ1) is 19.8. The van der Waals surface area contributed by atoms with Crippen LogP contribution in [0.1, 0.15) is 18.1 Å². The van der Waals surface area contributed by atoms with E-state index in [0.29, 0.717) is 17.1 Å². The van der Waals surface area contributed by atoms with Crippen LogP contribution in [0.5, 0.6) is 5.75 Å². The number of anilines is 2. The summed E-state index contributed by atoms with van der Waals surface area (Å²) in [5.74, 6) is -0.823. The van der Waals surface area contributed by atoms with E-state index in [9.17, 15) is 13.2 Å². The third-order valence-electron chi connectivity index (χ3n) is 3.75. The molecule has 0 saturated heterocycles. The highest BCUT2D eigenvalue weighted by Crippen LogP contribution is 2.19. The van der Waals surface area contributed by atoms with Gasteiger partial charge in [0.15, 0.2) is 0 Å². The van der Waals surface area contributed by atoms with Crippen molar-refractivity contribution in [2.75, 3.05) is 22.9 Å². The summed E-state index contributed by atoms with van der Waals surface area (Å²) in [5.41, 5.74) is 3.12. The second-order valence-corrected chi connectivity index (χ2v) is 8.15. The van der Waals surface area contributed by atoms with Crippen LogP contribution in [0.15, 0.2) is 42.5 Å². The maximum absolute atomic E-state index is 12.3. The van der Waals surface area contributed by atoms with Crippen molar-refractivity contribution in [3.05, 3.63) is 53.6 Å². The van der Waals surface area contributed by atoms with Gasteiger partial charge in [-0.3, -0.25) is 9.52 Å². The lowest BCUT2D eigenvalue weighted by Crippen LogP contribution is -2.29. The van der Waals surface area contributed by atoms with E-state index in [-0.39, 0.29) is 11.7 Å². The van der Waals surface area contributed by atoms with Crippen LogP contribution in [0, 0.1) is 19.8 Å². The number of carbonyl (C=O) groups is 1. The lowest BCUT2D eigenvalue weighted by molar-refractivity contribution is -0.118.